The van der Waals surface area contributed by atoms with Gasteiger partial charge in [-0.15, -0.1) is 0 Å². The number of amides is 1. The molecule has 1 aromatic carbocycles. The second kappa shape index (κ2) is 5.77. The van der Waals surface area contributed by atoms with E-state index in [1.807, 2.05) is 12.1 Å². The zero-order chi connectivity index (χ0) is 15.5. The molecule has 0 atom stereocenters. The molecular weight excluding hydrogens is 282 g/mol. The Morgan fingerprint density at radius 2 is 2.00 bits per heavy atom. The molecule has 1 N–H and O–H groups in total. The number of hydrogen-bond acceptors (Lipinski definition) is 4. The van der Waals surface area contributed by atoms with Crippen molar-refractivity contribution >= 4 is 17.1 Å². The van der Waals surface area contributed by atoms with Crippen LogP contribution >= 0.6 is 0 Å². The highest BCUT2D eigenvalue weighted by molar-refractivity contribution is 6.06. The summed E-state index contributed by atoms with van der Waals surface area (Å²) in [6.45, 7) is 0. The lowest BCUT2D eigenvalue weighted by Gasteiger charge is -2.11. The largest absolute Gasteiger partial charge is 0.497 e. The minimum atomic E-state index is -0.247. The number of rotatable bonds is 4. The van der Waals surface area contributed by atoms with E-state index in [2.05, 4.69) is 10.4 Å². The van der Waals surface area contributed by atoms with Crippen LogP contribution in [0.2, 0.25) is 0 Å². The summed E-state index contributed by atoms with van der Waals surface area (Å²) in [6, 6.07) is 10.6. The van der Waals surface area contributed by atoms with Crippen LogP contribution in [-0.2, 0) is 0 Å². The molecule has 3 aromatic rings. The fraction of sp³-hybridized carbons (Fsp3) is 0.125. The molecule has 2 heterocycles. The van der Waals surface area contributed by atoms with Gasteiger partial charge in [-0.25, -0.2) is 4.52 Å². The van der Waals surface area contributed by atoms with Crippen LogP contribution in [0.5, 0.6) is 11.5 Å². The van der Waals surface area contributed by atoms with Gasteiger partial charge in [-0.3, -0.25) is 4.79 Å². The number of carbonyl (C=O) groups excluding carboxylic acids is 1. The van der Waals surface area contributed by atoms with Gasteiger partial charge in [0.05, 0.1) is 25.3 Å². The molecule has 6 heteroatoms. The summed E-state index contributed by atoms with van der Waals surface area (Å²) >= 11 is 0. The number of benzene rings is 1. The van der Waals surface area contributed by atoms with Crippen molar-refractivity contribution in [1.29, 1.82) is 0 Å². The number of methoxy groups -OCH3 is 2. The summed E-state index contributed by atoms with van der Waals surface area (Å²) in [5.74, 6) is 0.847. The van der Waals surface area contributed by atoms with Crippen LogP contribution in [0.25, 0.3) is 5.52 Å². The van der Waals surface area contributed by atoms with Crippen molar-refractivity contribution in [3.05, 3.63) is 54.4 Å². The first-order valence-electron chi connectivity index (χ1n) is 6.68. The lowest BCUT2D eigenvalue weighted by atomic mass is 10.1. The van der Waals surface area contributed by atoms with Gasteiger partial charge in [0.2, 0.25) is 0 Å². The number of pyridine rings is 1. The van der Waals surface area contributed by atoms with Crippen molar-refractivity contribution in [1.82, 2.24) is 9.61 Å². The average Bonchev–Trinajstić information content (AvgIpc) is 3.01. The Hall–Kier alpha value is -3.02. The van der Waals surface area contributed by atoms with Crippen LogP contribution in [0.15, 0.2) is 48.8 Å². The number of ether oxygens (including phenoxy) is 2. The van der Waals surface area contributed by atoms with Gasteiger partial charge in [0.25, 0.3) is 5.91 Å². The number of fused-ring (bicyclic) bond motifs is 1. The quantitative estimate of drug-likeness (QED) is 0.804. The summed E-state index contributed by atoms with van der Waals surface area (Å²) in [5.41, 5.74) is 2.03. The van der Waals surface area contributed by atoms with Crippen LogP contribution in [0, 0.1) is 0 Å². The summed E-state index contributed by atoms with van der Waals surface area (Å²) in [5, 5.41) is 6.97. The Morgan fingerprint density at radius 1 is 1.14 bits per heavy atom. The van der Waals surface area contributed by atoms with Crippen molar-refractivity contribution in [2.75, 3.05) is 19.5 Å². The Kier molecular flexibility index (Phi) is 3.65. The van der Waals surface area contributed by atoms with E-state index in [4.69, 9.17) is 9.47 Å². The fourth-order valence-corrected chi connectivity index (χ4v) is 2.18. The number of carbonyl (C=O) groups is 1. The van der Waals surface area contributed by atoms with Crippen molar-refractivity contribution in [2.45, 2.75) is 0 Å². The number of anilines is 1. The van der Waals surface area contributed by atoms with Crippen LogP contribution in [-0.4, -0.2) is 29.7 Å². The molecular formula is C16H15N3O3. The average molecular weight is 297 g/mol. The van der Waals surface area contributed by atoms with Gasteiger partial charge in [0.1, 0.15) is 11.5 Å². The molecule has 112 valence electrons. The molecule has 2 aromatic heterocycles. The Balaban J connectivity index is 1.87. The van der Waals surface area contributed by atoms with Gasteiger partial charge < -0.3 is 14.8 Å². The van der Waals surface area contributed by atoms with Gasteiger partial charge in [-0.2, -0.15) is 5.10 Å². The molecule has 22 heavy (non-hydrogen) atoms. The van der Waals surface area contributed by atoms with E-state index in [0.717, 1.165) is 5.52 Å². The molecule has 0 saturated carbocycles. The van der Waals surface area contributed by atoms with Crippen LogP contribution in [0.3, 0.4) is 0 Å². The van der Waals surface area contributed by atoms with Crippen LogP contribution in [0.1, 0.15) is 10.4 Å². The molecule has 0 saturated heterocycles. The third-order valence-corrected chi connectivity index (χ3v) is 3.31. The normalized spacial score (nSPS) is 10.5. The van der Waals surface area contributed by atoms with Gasteiger partial charge in [-0.1, -0.05) is 0 Å². The molecule has 0 fully saturated rings. The van der Waals surface area contributed by atoms with Gasteiger partial charge in [0, 0.05) is 24.1 Å². The second-order valence-corrected chi connectivity index (χ2v) is 4.64. The zero-order valence-electron chi connectivity index (χ0n) is 12.2. The lowest BCUT2D eigenvalue weighted by molar-refractivity contribution is 0.102. The minimum absolute atomic E-state index is 0.247. The number of aromatic nitrogens is 2. The molecule has 1 amide bonds. The van der Waals surface area contributed by atoms with Crippen molar-refractivity contribution in [2.24, 2.45) is 0 Å². The topological polar surface area (TPSA) is 64.9 Å². The first-order chi connectivity index (χ1) is 10.7. The maximum atomic E-state index is 12.4. The standard InChI is InChI=1S/C16H15N3O3/c1-21-13-3-4-14(15(10-13)22-2)16(20)18-11-6-8-19-12(9-11)5-7-17-19/h3-10H,1-2H3,(H,18,20). The highest BCUT2D eigenvalue weighted by Crippen LogP contribution is 2.25. The Labute approximate surface area is 127 Å². The van der Waals surface area contributed by atoms with Gasteiger partial charge in [0.15, 0.2) is 0 Å². The summed E-state index contributed by atoms with van der Waals surface area (Å²) in [7, 11) is 3.08. The van der Waals surface area contributed by atoms with E-state index in [9.17, 15) is 4.79 Å². The van der Waals surface area contributed by atoms with Crippen molar-refractivity contribution < 1.29 is 14.3 Å². The summed E-state index contributed by atoms with van der Waals surface area (Å²) < 4.78 is 12.1. The molecule has 0 spiro atoms. The van der Waals surface area contributed by atoms with Gasteiger partial charge >= 0.3 is 0 Å². The van der Waals surface area contributed by atoms with E-state index in [1.54, 1.807) is 48.3 Å². The molecule has 0 bridgehead atoms. The number of nitrogens with one attached hydrogen (secondary N) is 1. The first-order valence-corrected chi connectivity index (χ1v) is 6.68. The summed E-state index contributed by atoms with van der Waals surface area (Å²) in [4.78, 5) is 12.4. The SMILES string of the molecule is COc1ccc(C(=O)Nc2ccn3nccc3c2)c(OC)c1. The minimum Gasteiger partial charge on any atom is -0.497 e. The van der Waals surface area contributed by atoms with Crippen LogP contribution in [0.4, 0.5) is 5.69 Å². The van der Waals surface area contributed by atoms with E-state index in [-0.39, 0.29) is 5.91 Å². The monoisotopic (exact) mass is 297 g/mol. The smallest absolute Gasteiger partial charge is 0.259 e. The van der Waals surface area contributed by atoms with Gasteiger partial charge in [-0.05, 0) is 30.3 Å². The second-order valence-electron chi connectivity index (χ2n) is 4.64. The van der Waals surface area contributed by atoms with Crippen molar-refractivity contribution in [3.63, 3.8) is 0 Å². The molecule has 3 rings (SSSR count). The van der Waals surface area contributed by atoms with Crippen LogP contribution < -0.4 is 14.8 Å². The van der Waals surface area contributed by atoms with E-state index in [1.165, 1.54) is 7.11 Å². The molecule has 6 nitrogen and oxygen atoms in total. The highest BCUT2D eigenvalue weighted by atomic mass is 16.5. The molecule has 0 radical (unpaired) electrons. The first kappa shape index (κ1) is 13.9. The predicted molar refractivity (Wildman–Crippen MR) is 82.7 cm³/mol. The third kappa shape index (κ3) is 2.58. The van der Waals surface area contributed by atoms with E-state index in [0.29, 0.717) is 22.7 Å². The van der Waals surface area contributed by atoms with E-state index < -0.39 is 0 Å². The maximum Gasteiger partial charge on any atom is 0.259 e. The summed E-state index contributed by atoms with van der Waals surface area (Å²) in [6.07, 6.45) is 3.49. The van der Waals surface area contributed by atoms with Crippen molar-refractivity contribution in [3.8, 4) is 11.5 Å². The Morgan fingerprint density at radius 3 is 2.77 bits per heavy atom. The van der Waals surface area contributed by atoms with E-state index >= 15 is 0 Å². The maximum absolute atomic E-state index is 12.4. The molecule has 0 aliphatic heterocycles. The fourth-order valence-electron chi connectivity index (χ4n) is 2.18. The molecule has 0 aliphatic carbocycles. The third-order valence-electron chi connectivity index (χ3n) is 3.31. The zero-order valence-corrected chi connectivity index (χ0v) is 12.2. The highest BCUT2D eigenvalue weighted by Gasteiger charge is 2.13. The molecule has 0 unspecified atom stereocenters. The Bertz CT molecular complexity index is 826. The number of nitrogens with zero attached hydrogens (tertiary/aromatic N) is 2. The molecule has 0 aliphatic rings. The predicted octanol–water partition coefficient (Wildman–Crippen LogP) is 2.60. The number of hydrogen-bond donors (Lipinski definition) is 1. The lowest BCUT2D eigenvalue weighted by Crippen LogP contribution is -2.13.